The first-order chi connectivity index (χ1) is 4.83. The van der Waals surface area contributed by atoms with Crippen molar-refractivity contribution in [3.8, 4) is 0 Å². The third-order valence-corrected chi connectivity index (χ3v) is 1.71. The SMILES string of the molecule is CC=N/N=C1\NC(=O)CS1. The summed E-state index contributed by atoms with van der Waals surface area (Å²) < 4.78 is 0. The van der Waals surface area contributed by atoms with Crippen LogP contribution in [-0.2, 0) is 4.79 Å². The van der Waals surface area contributed by atoms with Gasteiger partial charge in [-0.15, -0.1) is 5.10 Å². The molecule has 1 amide bonds. The monoisotopic (exact) mass is 157 g/mol. The maximum absolute atomic E-state index is 10.6. The number of hydrogen-bond donors (Lipinski definition) is 1. The molecule has 1 fully saturated rings. The van der Waals surface area contributed by atoms with Gasteiger partial charge in [-0.2, -0.15) is 5.10 Å². The number of amides is 1. The van der Waals surface area contributed by atoms with Crippen molar-refractivity contribution in [3.05, 3.63) is 0 Å². The first-order valence-electron chi connectivity index (χ1n) is 2.81. The maximum Gasteiger partial charge on any atom is 0.236 e. The molecule has 1 heterocycles. The van der Waals surface area contributed by atoms with Crippen LogP contribution >= 0.6 is 11.8 Å². The van der Waals surface area contributed by atoms with Crippen molar-refractivity contribution in [2.24, 2.45) is 10.2 Å². The average Bonchev–Trinajstić information content (AvgIpc) is 2.31. The largest absolute Gasteiger partial charge is 0.303 e. The summed E-state index contributed by atoms with van der Waals surface area (Å²) in [6.45, 7) is 1.77. The third kappa shape index (κ3) is 1.84. The minimum Gasteiger partial charge on any atom is -0.303 e. The van der Waals surface area contributed by atoms with Crippen LogP contribution in [0, 0.1) is 0 Å². The first kappa shape index (κ1) is 7.27. The van der Waals surface area contributed by atoms with E-state index < -0.39 is 0 Å². The fourth-order valence-electron chi connectivity index (χ4n) is 0.489. The Kier molecular flexibility index (Phi) is 2.44. The van der Waals surface area contributed by atoms with Gasteiger partial charge in [0, 0.05) is 6.21 Å². The van der Waals surface area contributed by atoms with Crippen molar-refractivity contribution in [3.63, 3.8) is 0 Å². The molecule has 0 atom stereocenters. The molecule has 0 aromatic carbocycles. The smallest absolute Gasteiger partial charge is 0.236 e. The Balaban J connectivity index is 2.51. The molecule has 0 radical (unpaired) electrons. The van der Waals surface area contributed by atoms with Gasteiger partial charge in [0.15, 0.2) is 5.17 Å². The molecular formula is C5H7N3OS. The summed E-state index contributed by atoms with van der Waals surface area (Å²) in [5.41, 5.74) is 0. The van der Waals surface area contributed by atoms with Crippen LogP contribution in [0.3, 0.4) is 0 Å². The summed E-state index contributed by atoms with van der Waals surface area (Å²) in [4.78, 5) is 10.6. The molecule has 0 bridgehead atoms. The Hall–Kier alpha value is -0.840. The molecule has 1 rings (SSSR count). The molecule has 0 saturated carbocycles. The number of carbonyl (C=O) groups is 1. The fraction of sp³-hybridized carbons (Fsp3) is 0.400. The molecule has 10 heavy (non-hydrogen) atoms. The van der Waals surface area contributed by atoms with E-state index in [9.17, 15) is 4.79 Å². The van der Waals surface area contributed by atoms with E-state index in [2.05, 4.69) is 15.5 Å². The molecule has 1 N–H and O–H groups in total. The van der Waals surface area contributed by atoms with Gasteiger partial charge in [0.25, 0.3) is 0 Å². The number of rotatable bonds is 1. The lowest BCUT2D eigenvalue weighted by Crippen LogP contribution is -2.19. The van der Waals surface area contributed by atoms with Crippen molar-refractivity contribution in [2.75, 3.05) is 5.75 Å². The highest BCUT2D eigenvalue weighted by Gasteiger charge is 2.15. The highest BCUT2D eigenvalue weighted by molar-refractivity contribution is 8.15. The molecule has 0 aliphatic carbocycles. The standard InChI is InChI=1S/C5H7N3OS/c1-2-6-8-5-7-4(9)3-10-5/h2H,3H2,1H3,(H,7,8,9). The van der Waals surface area contributed by atoms with Crippen LogP contribution in [0.2, 0.25) is 0 Å². The lowest BCUT2D eigenvalue weighted by molar-refractivity contribution is -0.116. The molecule has 0 spiro atoms. The zero-order valence-corrected chi connectivity index (χ0v) is 6.31. The topological polar surface area (TPSA) is 53.8 Å². The maximum atomic E-state index is 10.6. The van der Waals surface area contributed by atoms with E-state index in [0.29, 0.717) is 10.9 Å². The van der Waals surface area contributed by atoms with Gasteiger partial charge in [-0.3, -0.25) is 4.79 Å². The van der Waals surface area contributed by atoms with Gasteiger partial charge in [0.05, 0.1) is 5.75 Å². The number of amidine groups is 1. The third-order valence-electron chi connectivity index (χ3n) is 0.850. The predicted octanol–water partition coefficient (Wildman–Crippen LogP) is 0.211. The average molecular weight is 157 g/mol. The summed E-state index contributed by atoms with van der Waals surface area (Å²) in [6, 6.07) is 0. The Bertz CT molecular complexity index is 199. The minimum atomic E-state index is -0.00458. The second kappa shape index (κ2) is 3.36. The van der Waals surface area contributed by atoms with Crippen LogP contribution < -0.4 is 5.32 Å². The second-order valence-electron chi connectivity index (χ2n) is 1.62. The minimum absolute atomic E-state index is 0.00458. The van der Waals surface area contributed by atoms with E-state index in [-0.39, 0.29) is 5.91 Å². The molecule has 1 aliphatic rings. The Morgan fingerprint density at radius 3 is 3.10 bits per heavy atom. The zero-order valence-electron chi connectivity index (χ0n) is 5.50. The van der Waals surface area contributed by atoms with Crippen LogP contribution in [-0.4, -0.2) is 23.0 Å². The van der Waals surface area contributed by atoms with E-state index in [1.165, 1.54) is 11.8 Å². The number of nitrogens with one attached hydrogen (secondary N) is 1. The van der Waals surface area contributed by atoms with Crippen molar-refractivity contribution >= 4 is 29.1 Å². The Morgan fingerprint density at radius 1 is 1.80 bits per heavy atom. The molecule has 54 valence electrons. The van der Waals surface area contributed by atoms with Gasteiger partial charge in [-0.25, -0.2) is 0 Å². The number of carbonyl (C=O) groups excluding carboxylic acids is 1. The van der Waals surface area contributed by atoms with E-state index in [4.69, 9.17) is 0 Å². The van der Waals surface area contributed by atoms with Gasteiger partial charge in [-0.1, -0.05) is 11.8 Å². The summed E-state index contributed by atoms with van der Waals surface area (Å²) in [5.74, 6) is 0.452. The van der Waals surface area contributed by atoms with Crippen molar-refractivity contribution in [2.45, 2.75) is 6.92 Å². The van der Waals surface area contributed by atoms with Gasteiger partial charge in [-0.05, 0) is 6.92 Å². The van der Waals surface area contributed by atoms with Crippen LogP contribution in [0.4, 0.5) is 0 Å². The fourth-order valence-corrected chi connectivity index (χ4v) is 1.12. The molecule has 5 heteroatoms. The first-order valence-corrected chi connectivity index (χ1v) is 3.80. The molecule has 1 saturated heterocycles. The van der Waals surface area contributed by atoms with Crippen molar-refractivity contribution in [1.82, 2.24) is 5.32 Å². The highest BCUT2D eigenvalue weighted by atomic mass is 32.2. The molecule has 0 unspecified atom stereocenters. The van der Waals surface area contributed by atoms with Gasteiger partial charge >= 0.3 is 0 Å². The number of thioether (sulfide) groups is 1. The van der Waals surface area contributed by atoms with Crippen LogP contribution in [0.5, 0.6) is 0 Å². The zero-order chi connectivity index (χ0) is 7.40. The summed E-state index contributed by atoms with van der Waals surface area (Å²) >= 11 is 1.37. The van der Waals surface area contributed by atoms with Crippen molar-refractivity contribution in [1.29, 1.82) is 0 Å². The molecule has 0 aromatic rings. The summed E-state index contributed by atoms with van der Waals surface area (Å²) in [5, 5.41) is 10.5. The lowest BCUT2D eigenvalue weighted by Gasteiger charge is -1.87. The van der Waals surface area contributed by atoms with Gasteiger partial charge < -0.3 is 5.32 Å². The summed E-state index contributed by atoms with van der Waals surface area (Å²) in [7, 11) is 0. The predicted molar refractivity (Wildman–Crippen MR) is 42.2 cm³/mol. The lowest BCUT2D eigenvalue weighted by atomic mass is 10.7. The van der Waals surface area contributed by atoms with Crippen LogP contribution in [0.15, 0.2) is 10.2 Å². The summed E-state index contributed by atoms with van der Waals surface area (Å²) in [6.07, 6.45) is 1.57. The Labute approximate surface area is 62.8 Å². The normalized spacial score (nSPS) is 22.5. The molecule has 0 aromatic heterocycles. The van der Waals surface area contributed by atoms with E-state index in [1.54, 1.807) is 13.1 Å². The molecular weight excluding hydrogens is 150 g/mol. The number of nitrogens with zero attached hydrogens (tertiary/aromatic N) is 2. The number of hydrogen-bond acceptors (Lipinski definition) is 4. The second-order valence-corrected chi connectivity index (χ2v) is 2.58. The van der Waals surface area contributed by atoms with Gasteiger partial charge in [0.2, 0.25) is 5.91 Å². The van der Waals surface area contributed by atoms with Gasteiger partial charge in [0.1, 0.15) is 0 Å². The van der Waals surface area contributed by atoms with Crippen LogP contribution in [0.1, 0.15) is 6.92 Å². The van der Waals surface area contributed by atoms with E-state index in [1.807, 2.05) is 0 Å². The molecule has 4 nitrogen and oxygen atoms in total. The van der Waals surface area contributed by atoms with Crippen molar-refractivity contribution < 1.29 is 4.79 Å². The van der Waals surface area contributed by atoms with E-state index >= 15 is 0 Å². The van der Waals surface area contributed by atoms with E-state index in [0.717, 1.165) is 0 Å². The Morgan fingerprint density at radius 2 is 2.60 bits per heavy atom. The van der Waals surface area contributed by atoms with Crippen LogP contribution in [0.25, 0.3) is 0 Å². The highest BCUT2D eigenvalue weighted by Crippen LogP contribution is 2.07. The quantitative estimate of drug-likeness (QED) is 0.437. The molecule has 1 aliphatic heterocycles.